The Balaban J connectivity index is 1.45. The molecule has 5 nitrogen and oxygen atoms in total. The molecule has 0 amide bonds. The number of carbonyl (C=O) groups excluding carboxylic acids is 2. The highest BCUT2D eigenvalue weighted by molar-refractivity contribution is 5.85. The number of carboxylic acids is 1. The van der Waals surface area contributed by atoms with Crippen molar-refractivity contribution in [3.8, 4) is 0 Å². The summed E-state index contributed by atoms with van der Waals surface area (Å²) in [5, 5.41) is 8.94. The average molecular weight is 555 g/mol. The molecule has 5 rings (SSSR count). The fraction of sp³-hybridized carbons (Fsp3) is 0.857. The first-order chi connectivity index (χ1) is 18.5. The van der Waals surface area contributed by atoms with Crippen molar-refractivity contribution in [3.63, 3.8) is 0 Å². The van der Waals surface area contributed by atoms with E-state index in [2.05, 4.69) is 54.5 Å². The van der Waals surface area contributed by atoms with Crippen LogP contribution in [0.2, 0.25) is 0 Å². The van der Waals surface area contributed by atoms with Gasteiger partial charge in [-0.25, -0.2) is 0 Å². The molecule has 0 aliphatic heterocycles. The van der Waals surface area contributed by atoms with Gasteiger partial charge in [-0.2, -0.15) is 0 Å². The molecule has 4 fully saturated rings. The molecule has 1 N–H and O–H groups in total. The van der Waals surface area contributed by atoms with E-state index in [4.69, 9.17) is 9.84 Å². The summed E-state index contributed by atoms with van der Waals surface area (Å²) in [6.07, 6.45) is 13.9. The molecule has 0 aromatic carbocycles. The van der Waals surface area contributed by atoms with Crippen LogP contribution in [0.15, 0.2) is 11.6 Å². The van der Waals surface area contributed by atoms with E-state index in [1.165, 1.54) is 6.42 Å². The maximum atomic E-state index is 13.0. The number of ketones is 1. The molecule has 5 aliphatic carbocycles. The molecular weight excluding hydrogens is 500 g/mol. The van der Waals surface area contributed by atoms with Crippen LogP contribution in [-0.4, -0.2) is 29.4 Å². The molecule has 5 aliphatic rings. The van der Waals surface area contributed by atoms with Crippen LogP contribution in [0.4, 0.5) is 0 Å². The zero-order valence-corrected chi connectivity index (χ0v) is 26.3. The SMILES string of the molecule is CC1(C)CC[C@]2(COC(=O)CCCC(=O)O)CC[C@]3(C)C(=CCC4[C@@]5(C)CCC(=O)C(C)(C)[C@@H]5CC[C@]43C)[C@@H]2C1. The molecule has 0 radical (unpaired) electrons. The van der Waals surface area contributed by atoms with Crippen LogP contribution in [-0.2, 0) is 19.1 Å². The van der Waals surface area contributed by atoms with Gasteiger partial charge in [0, 0.05) is 30.1 Å². The second-order valence-electron chi connectivity index (χ2n) is 16.6. The van der Waals surface area contributed by atoms with E-state index in [1.807, 2.05) is 0 Å². The van der Waals surface area contributed by atoms with Crippen LogP contribution in [0.5, 0.6) is 0 Å². The van der Waals surface area contributed by atoms with Crippen molar-refractivity contribution in [2.45, 2.75) is 132 Å². The highest BCUT2D eigenvalue weighted by atomic mass is 16.5. The second-order valence-corrected chi connectivity index (χ2v) is 16.6. The van der Waals surface area contributed by atoms with Gasteiger partial charge in [0.2, 0.25) is 0 Å². The van der Waals surface area contributed by atoms with Gasteiger partial charge in [-0.1, -0.05) is 60.1 Å². The fourth-order valence-corrected chi connectivity index (χ4v) is 11.1. The van der Waals surface area contributed by atoms with Crippen molar-refractivity contribution in [2.75, 3.05) is 6.61 Å². The van der Waals surface area contributed by atoms with Crippen LogP contribution in [0.1, 0.15) is 132 Å². The summed E-state index contributed by atoms with van der Waals surface area (Å²) in [5.74, 6) is 0.786. The van der Waals surface area contributed by atoms with Gasteiger partial charge in [0.05, 0.1) is 6.61 Å². The van der Waals surface area contributed by atoms with Gasteiger partial charge < -0.3 is 9.84 Å². The highest BCUT2D eigenvalue weighted by Gasteiger charge is 2.68. The topological polar surface area (TPSA) is 80.7 Å². The third-order valence-corrected chi connectivity index (χ3v) is 13.9. The first-order valence-electron chi connectivity index (χ1n) is 16.1. The summed E-state index contributed by atoms with van der Waals surface area (Å²) < 4.78 is 5.96. The molecule has 0 aromatic heterocycles. The summed E-state index contributed by atoms with van der Waals surface area (Å²) in [7, 11) is 0. The zero-order valence-electron chi connectivity index (χ0n) is 26.3. The molecule has 7 atom stereocenters. The Hall–Kier alpha value is -1.65. The van der Waals surface area contributed by atoms with E-state index >= 15 is 0 Å². The molecule has 224 valence electrons. The Morgan fingerprint density at radius 1 is 0.925 bits per heavy atom. The number of fused-ring (bicyclic) bond motifs is 7. The van der Waals surface area contributed by atoms with E-state index in [-0.39, 0.29) is 51.3 Å². The highest BCUT2D eigenvalue weighted by Crippen LogP contribution is 2.75. The van der Waals surface area contributed by atoms with Gasteiger partial charge in [-0.15, -0.1) is 0 Å². The summed E-state index contributed by atoms with van der Waals surface area (Å²) in [5.41, 5.74) is 2.13. The molecule has 0 bridgehead atoms. The van der Waals surface area contributed by atoms with Crippen molar-refractivity contribution in [1.29, 1.82) is 0 Å². The van der Waals surface area contributed by atoms with Gasteiger partial charge in [-0.05, 0) is 104 Å². The number of Topliss-reactive ketones (excluding diaryl/α,β-unsaturated/α-hetero) is 1. The Morgan fingerprint density at radius 3 is 2.33 bits per heavy atom. The number of rotatable bonds is 6. The number of ether oxygens (including phenoxy) is 1. The van der Waals surface area contributed by atoms with E-state index in [0.29, 0.717) is 36.6 Å². The minimum absolute atomic E-state index is 0.00711. The normalized spacial score (nSPS) is 43.3. The van der Waals surface area contributed by atoms with E-state index < -0.39 is 5.97 Å². The predicted molar refractivity (Wildman–Crippen MR) is 156 cm³/mol. The Bertz CT molecular complexity index is 1100. The monoisotopic (exact) mass is 554 g/mol. The number of esters is 1. The number of carbonyl (C=O) groups is 3. The van der Waals surface area contributed by atoms with Crippen molar-refractivity contribution >= 4 is 17.7 Å². The number of allylic oxidation sites excluding steroid dienone is 2. The predicted octanol–water partition coefficient (Wildman–Crippen LogP) is 8.16. The van der Waals surface area contributed by atoms with E-state index in [0.717, 1.165) is 57.8 Å². The third kappa shape index (κ3) is 4.42. The summed E-state index contributed by atoms with van der Waals surface area (Å²) in [4.78, 5) is 36.6. The van der Waals surface area contributed by atoms with Crippen molar-refractivity contribution < 1.29 is 24.2 Å². The molecule has 5 heteroatoms. The molecule has 1 unspecified atom stereocenters. The van der Waals surface area contributed by atoms with Crippen LogP contribution >= 0.6 is 0 Å². The molecule has 0 spiro atoms. The number of hydrogen-bond donors (Lipinski definition) is 1. The average Bonchev–Trinajstić information content (AvgIpc) is 2.86. The smallest absolute Gasteiger partial charge is 0.305 e. The van der Waals surface area contributed by atoms with Gasteiger partial charge in [-0.3, -0.25) is 14.4 Å². The lowest BCUT2D eigenvalue weighted by Gasteiger charge is -2.70. The number of aliphatic carboxylic acids is 1. The summed E-state index contributed by atoms with van der Waals surface area (Å²) >= 11 is 0. The quantitative estimate of drug-likeness (QED) is 0.265. The lowest BCUT2D eigenvalue weighted by atomic mass is 9.33. The molecule has 0 aromatic rings. The maximum absolute atomic E-state index is 13.0. The Labute approximate surface area is 242 Å². The molecule has 40 heavy (non-hydrogen) atoms. The first-order valence-corrected chi connectivity index (χ1v) is 16.1. The Kier molecular flexibility index (Phi) is 7.23. The Morgan fingerprint density at radius 2 is 1.62 bits per heavy atom. The number of carboxylic acid groups (broad SMARTS) is 1. The van der Waals surface area contributed by atoms with Gasteiger partial charge in [0.1, 0.15) is 5.78 Å². The molecule has 0 saturated heterocycles. The van der Waals surface area contributed by atoms with Crippen molar-refractivity contribution in [3.05, 3.63) is 11.6 Å². The molecule has 4 saturated carbocycles. The minimum atomic E-state index is -0.866. The molecular formula is C35H54O5. The largest absolute Gasteiger partial charge is 0.481 e. The van der Waals surface area contributed by atoms with Crippen LogP contribution in [0.3, 0.4) is 0 Å². The maximum Gasteiger partial charge on any atom is 0.305 e. The lowest BCUT2D eigenvalue weighted by molar-refractivity contribution is -0.188. The summed E-state index contributed by atoms with van der Waals surface area (Å²) in [6.45, 7) is 17.4. The minimum Gasteiger partial charge on any atom is -0.481 e. The standard InChI is InChI=1S/C35H54O5/c1-30(2)17-19-35(22-40-29(39)10-8-9-28(37)38)20-18-33(6)23(24(35)21-30)11-12-26-32(5)15-14-27(36)31(3,4)25(32)13-16-34(26,33)7/h11,24-26H,8-10,12-22H2,1-7H3,(H,37,38)/t24-,25-,26?,32-,33+,34+,35+/m0/s1. The summed E-state index contributed by atoms with van der Waals surface area (Å²) in [6, 6.07) is 0. The van der Waals surface area contributed by atoms with Crippen LogP contribution < -0.4 is 0 Å². The zero-order chi connectivity index (χ0) is 29.4. The van der Waals surface area contributed by atoms with Crippen LogP contribution in [0.25, 0.3) is 0 Å². The lowest BCUT2D eigenvalue weighted by Crippen LogP contribution is -2.64. The van der Waals surface area contributed by atoms with Gasteiger partial charge in [0.25, 0.3) is 0 Å². The molecule has 0 heterocycles. The first kappa shape index (κ1) is 29.8. The van der Waals surface area contributed by atoms with Crippen molar-refractivity contribution in [2.24, 2.45) is 50.2 Å². The fourth-order valence-electron chi connectivity index (χ4n) is 11.1. The van der Waals surface area contributed by atoms with E-state index in [9.17, 15) is 14.4 Å². The van der Waals surface area contributed by atoms with Gasteiger partial charge >= 0.3 is 11.9 Å². The van der Waals surface area contributed by atoms with Gasteiger partial charge in [0.15, 0.2) is 0 Å². The van der Waals surface area contributed by atoms with E-state index in [1.54, 1.807) is 5.57 Å². The second kappa shape index (κ2) is 9.69. The van der Waals surface area contributed by atoms with Crippen molar-refractivity contribution in [1.82, 2.24) is 0 Å². The number of hydrogen-bond acceptors (Lipinski definition) is 4. The van der Waals surface area contributed by atoms with Crippen LogP contribution in [0, 0.1) is 50.2 Å². The third-order valence-electron chi connectivity index (χ3n) is 13.9.